The molecular weight excluding hydrogens is 308 g/mol. The van der Waals surface area contributed by atoms with E-state index in [1.807, 2.05) is 17.4 Å². The maximum absolute atomic E-state index is 12.6. The molecule has 1 aliphatic heterocycles. The predicted octanol–water partition coefficient (Wildman–Crippen LogP) is 2.68. The third kappa shape index (κ3) is 2.97. The van der Waals surface area contributed by atoms with Crippen LogP contribution in [0.5, 0.6) is 0 Å². The van der Waals surface area contributed by atoms with Crippen LogP contribution in [0.2, 0.25) is 0 Å². The van der Waals surface area contributed by atoms with E-state index >= 15 is 0 Å². The number of nitrogens with zero attached hydrogens (tertiary/aromatic N) is 4. The predicted molar refractivity (Wildman–Crippen MR) is 85.1 cm³/mol. The van der Waals surface area contributed by atoms with E-state index in [1.54, 1.807) is 30.7 Å². The van der Waals surface area contributed by atoms with E-state index in [1.165, 1.54) is 0 Å². The number of hydrogen-bond donors (Lipinski definition) is 0. The van der Waals surface area contributed by atoms with Crippen LogP contribution in [-0.4, -0.2) is 38.6 Å². The van der Waals surface area contributed by atoms with Gasteiger partial charge < -0.3 is 18.4 Å². The molecule has 0 aromatic carbocycles. The zero-order valence-electron chi connectivity index (χ0n) is 13.2. The molecule has 0 bridgehead atoms. The molecule has 124 valence electrons. The molecule has 0 spiro atoms. The van der Waals surface area contributed by atoms with Gasteiger partial charge in [0.2, 0.25) is 5.76 Å². The number of furan rings is 1. The van der Waals surface area contributed by atoms with Crippen molar-refractivity contribution in [1.29, 1.82) is 0 Å². The molecule has 4 heterocycles. The first-order chi connectivity index (χ1) is 11.8. The van der Waals surface area contributed by atoms with Gasteiger partial charge in [0.05, 0.1) is 12.6 Å². The molecule has 0 aliphatic carbocycles. The Labute approximate surface area is 138 Å². The molecule has 3 aromatic heterocycles. The largest absolute Gasteiger partial charge is 0.461 e. The Morgan fingerprint density at radius 2 is 2.17 bits per heavy atom. The van der Waals surface area contributed by atoms with Crippen LogP contribution in [0.1, 0.15) is 23.3 Å². The average molecular weight is 326 g/mol. The van der Waals surface area contributed by atoms with Gasteiger partial charge >= 0.3 is 0 Å². The molecule has 0 unspecified atom stereocenters. The Bertz CT molecular complexity index is 784. The zero-order valence-corrected chi connectivity index (χ0v) is 13.2. The minimum atomic E-state index is -0.0855. The van der Waals surface area contributed by atoms with Crippen molar-refractivity contribution in [2.75, 3.05) is 13.1 Å². The molecule has 1 saturated heterocycles. The van der Waals surface area contributed by atoms with Crippen molar-refractivity contribution in [2.45, 2.75) is 19.4 Å². The molecule has 1 amide bonds. The fourth-order valence-corrected chi connectivity index (χ4v) is 3.08. The van der Waals surface area contributed by atoms with E-state index < -0.39 is 0 Å². The van der Waals surface area contributed by atoms with Crippen molar-refractivity contribution in [3.63, 3.8) is 0 Å². The fourth-order valence-electron chi connectivity index (χ4n) is 3.08. The maximum atomic E-state index is 12.6. The summed E-state index contributed by atoms with van der Waals surface area (Å²) < 4.78 is 12.6. The lowest BCUT2D eigenvalue weighted by Gasteiger charge is -2.31. The summed E-state index contributed by atoms with van der Waals surface area (Å²) >= 11 is 0. The first-order valence-corrected chi connectivity index (χ1v) is 8.05. The van der Waals surface area contributed by atoms with E-state index in [0.29, 0.717) is 23.1 Å². The van der Waals surface area contributed by atoms with Crippen LogP contribution in [0.15, 0.2) is 52.1 Å². The summed E-state index contributed by atoms with van der Waals surface area (Å²) in [6.45, 7) is 2.43. The molecule has 0 atom stereocenters. The lowest BCUT2D eigenvalue weighted by molar-refractivity contribution is 0.0672. The summed E-state index contributed by atoms with van der Waals surface area (Å²) in [6.07, 6.45) is 9.12. The summed E-state index contributed by atoms with van der Waals surface area (Å²) in [5.74, 6) is 1.52. The zero-order chi connectivity index (χ0) is 16.4. The topological polar surface area (TPSA) is 77.3 Å². The van der Waals surface area contributed by atoms with Gasteiger partial charge in [0.15, 0.2) is 11.5 Å². The van der Waals surface area contributed by atoms with Gasteiger partial charge in [0.25, 0.3) is 5.91 Å². The first-order valence-electron chi connectivity index (χ1n) is 8.05. The van der Waals surface area contributed by atoms with Crippen molar-refractivity contribution in [1.82, 2.24) is 19.6 Å². The van der Waals surface area contributed by atoms with E-state index in [4.69, 9.17) is 8.94 Å². The maximum Gasteiger partial charge on any atom is 0.276 e. The third-order valence-electron chi connectivity index (χ3n) is 4.42. The summed E-state index contributed by atoms with van der Waals surface area (Å²) in [6, 6.07) is 5.18. The van der Waals surface area contributed by atoms with Crippen molar-refractivity contribution in [3.8, 4) is 11.5 Å². The lowest BCUT2D eigenvalue weighted by atomic mass is 9.96. The van der Waals surface area contributed by atoms with Crippen LogP contribution < -0.4 is 0 Å². The Balaban J connectivity index is 1.36. The number of rotatable bonds is 4. The second-order valence-electron chi connectivity index (χ2n) is 6.05. The lowest BCUT2D eigenvalue weighted by Crippen LogP contribution is -2.39. The van der Waals surface area contributed by atoms with E-state index in [2.05, 4.69) is 14.7 Å². The minimum Gasteiger partial charge on any atom is -0.461 e. The number of likely N-dealkylation sites (tertiary alicyclic amines) is 1. The van der Waals surface area contributed by atoms with Gasteiger partial charge in [0, 0.05) is 38.1 Å². The van der Waals surface area contributed by atoms with Gasteiger partial charge in [0.1, 0.15) is 0 Å². The molecule has 0 N–H and O–H groups in total. The van der Waals surface area contributed by atoms with E-state index in [9.17, 15) is 4.79 Å². The third-order valence-corrected chi connectivity index (χ3v) is 4.42. The number of aromatic nitrogens is 3. The van der Waals surface area contributed by atoms with Gasteiger partial charge in [-0.05, 0) is 30.9 Å². The number of carbonyl (C=O) groups is 1. The molecule has 0 radical (unpaired) electrons. The van der Waals surface area contributed by atoms with Crippen LogP contribution >= 0.6 is 0 Å². The van der Waals surface area contributed by atoms with Crippen LogP contribution in [-0.2, 0) is 6.54 Å². The minimum absolute atomic E-state index is 0.0855. The number of imidazole rings is 1. The quantitative estimate of drug-likeness (QED) is 0.736. The molecule has 1 fully saturated rings. The van der Waals surface area contributed by atoms with Gasteiger partial charge in [-0.15, -0.1) is 0 Å². The van der Waals surface area contributed by atoms with Crippen molar-refractivity contribution in [3.05, 3.63) is 48.9 Å². The second-order valence-corrected chi connectivity index (χ2v) is 6.05. The summed E-state index contributed by atoms with van der Waals surface area (Å²) in [5, 5.41) is 3.89. The molecular formula is C17H18N4O3. The summed E-state index contributed by atoms with van der Waals surface area (Å²) in [7, 11) is 0. The Morgan fingerprint density at radius 3 is 2.88 bits per heavy atom. The van der Waals surface area contributed by atoms with Gasteiger partial charge in [-0.3, -0.25) is 4.79 Å². The normalized spacial score (nSPS) is 15.8. The smallest absolute Gasteiger partial charge is 0.276 e. The average Bonchev–Trinajstić information content (AvgIpc) is 3.36. The van der Waals surface area contributed by atoms with Crippen molar-refractivity contribution < 1.29 is 13.7 Å². The highest BCUT2D eigenvalue weighted by atomic mass is 16.5. The van der Waals surface area contributed by atoms with Gasteiger partial charge in [-0.1, -0.05) is 5.16 Å². The first kappa shape index (κ1) is 14.7. The SMILES string of the molecule is O=C(c1cc(-c2ccco2)on1)N1CCC(Cn2ccnc2)CC1. The Morgan fingerprint density at radius 1 is 1.29 bits per heavy atom. The number of carbonyl (C=O) groups excluding carboxylic acids is 1. The molecule has 0 saturated carbocycles. The molecule has 4 rings (SSSR count). The fraction of sp³-hybridized carbons (Fsp3) is 0.353. The van der Waals surface area contributed by atoms with E-state index in [0.717, 1.165) is 32.5 Å². The molecule has 3 aromatic rings. The highest BCUT2D eigenvalue weighted by Gasteiger charge is 2.26. The summed E-state index contributed by atoms with van der Waals surface area (Å²) in [5.41, 5.74) is 0.328. The van der Waals surface area contributed by atoms with Crippen molar-refractivity contribution in [2.24, 2.45) is 5.92 Å². The second kappa shape index (κ2) is 6.35. The Kier molecular flexibility index (Phi) is 3.90. The van der Waals surface area contributed by atoms with Crippen LogP contribution in [0.4, 0.5) is 0 Å². The standard InChI is InChI=1S/C17H18N4O3/c22-17(14-10-16(24-19-14)15-2-1-9-23-15)21-6-3-13(4-7-21)11-20-8-5-18-12-20/h1-2,5,8-10,12-13H,3-4,6-7,11H2. The number of hydrogen-bond acceptors (Lipinski definition) is 5. The van der Waals surface area contributed by atoms with Crippen LogP contribution in [0, 0.1) is 5.92 Å². The highest BCUT2D eigenvalue weighted by molar-refractivity contribution is 5.93. The molecule has 7 nitrogen and oxygen atoms in total. The van der Waals surface area contributed by atoms with Crippen LogP contribution in [0.3, 0.4) is 0 Å². The highest BCUT2D eigenvalue weighted by Crippen LogP contribution is 2.23. The molecule has 1 aliphatic rings. The summed E-state index contributed by atoms with van der Waals surface area (Å²) in [4.78, 5) is 18.5. The molecule has 24 heavy (non-hydrogen) atoms. The monoisotopic (exact) mass is 326 g/mol. The number of piperidine rings is 1. The van der Waals surface area contributed by atoms with Crippen LogP contribution in [0.25, 0.3) is 11.5 Å². The van der Waals surface area contributed by atoms with Crippen molar-refractivity contribution >= 4 is 5.91 Å². The number of amides is 1. The molecule has 7 heteroatoms. The van der Waals surface area contributed by atoms with Gasteiger partial charge in [-0.2, -0.15) is 0 Å². The Hall–Kier alpha value is -2.83. The van der Waals surface area contributed by atoms with E-state index in [-0.39, 0.29) is 5.91 Å². The van der Waals surface area contributed by atoms with Gasteiger partial charge in [-0.25, -0.2) is 4.98 Å².